The Balaban J connectivity index is 2.65. The summed E-state index contributed by atoms with van der Waals surface area (Å²) in [7, 11) is 3.09. The lowest BCUT2D eigenvalue weighted by Gasteiger charge is -2.16. The fourth-order valence-electron chi connectivity index (χ4n) is 1.53. The van der Waals surface area contributed by atoms with Crippen LogP contribution in [0.5, 0.6) is 0 Å². The summed E-state index contributed by atoms with van der Waals surface area (Å²) >= 11 is 0. The number of aliphatic carboxylic acids is 1. The number of carbonyl (C=O) groups excluding carboxylic acids is 2. The van der Waals surface area contributed by atoms with Gasteiger partial charge in [-0.2, -0.15) is 0 Å². The van der Waals surface area contributed by atoms with Crippen molar-refractivity contribution in [2.45, 2.75) is 13.0 Å². The summed E-state index contributed by atoms with van der Waals surface area (Å²) in [5.74, 6) is -1.78. The van der Waals surface area contributed by atoms with E-state index in [-0.39, 0.29) is 5.91 Å². The quantitative estimate of drug-likeness (QED) is 0.757. The summed E-state index contributed by atoms with van der Waals surface area (Å²) in [6.07, 6.45) is -0.521. The van der Waals surface area contributed by atoms with Gasteiger partial charge in [0.2, 0.25) is 5.91 Å². The Bertz CT molecular complexity index is 482. The van der Waals surface area contributed by atoms with Crippen LogP contribution in [0.25, 0.3) is 0 Å². The van der Waals surface area contributed by atoms with Gasteiger partial charge >= 0.3 is 5.97 Å². The van der Waals surface area contributed by atoms with E-state index < -0.39 is 18.3 Å². The molecule has 0 fully saturated rings. The number of carbonyl (C=O) groups is 3. The standard InChI is InChI=1S/C13H16N2O4/c1-14-13(19)10-5-3-9(4-6-10)8-15(2)11(16)7-12(17)18/h3-6H,7-8H2,1-2H3,(H,14,19)(H,17,18). The molecule has 1 aromatic carbocycles. The summed E-state index contributed by atoms with van der Waals surface area (Å²) in [6, 6.07) is 6.78. The second-order valence-electron chi connectivity index (χ2n) is 4.10. The summed E-state index contributed by atoms with van der Waals surface area (Å²) in [4.78, 5) is 34.6. The first-order chi connectivity index (χ1) is 8.93. The van der Waals surface area contributed by atoms with E-state index in [4.69, 9.17) is 5.11 Å². The molecule has 6 heteroatoms. The molecule has 2 N–H and O–H groups in total. The number of rotatable bonds is 5. The van der Waals surface area contributed by atoms with Crippen LogP contribution >= 0.6 is 0 Å². The topological polar surface area (TPSA) is 86.7 Å². The van der Waals surface area contributed by atoms with Crippen LogP contribution in [0.2, 0.25) is 0 Å². The molecular formula is C13H16N2O4. The maximum absolute atomic E-state index is 11.5. The molecule has 0 heterocycles. The Morgan fingerprint density at radius 3 is 2.26 bits per heavy atom. The lowest BCUT2D eigenvalue weighted by atomic mass is 10.1. The molecule has 0 unspecified atom stereocenters. The minimum absolute atomic E-state index is 0.179. The van der Waals surface area contributed by atoms with E-state index in [1.54, 1.807) is 31.3 Å². The highest BCUT2D eigenvalue weighted by Gasteiger charge is 2.13. The lowest BCUT2D eigenvalue weighted by molar-refractivity contribution is -0.143. The third-order valence-electron chi connectivity index (χ3n) is 2.59. The van der Waals surface area contributed by atoms with E-state index in [0.29, 0.717) is 12.1 Å². The number of amides is 2. The van der Waals surface area contributed by atoms with Gasteiger partial charge in [-0.3, -0.25) is 14.4 Å². The van der Waals surface area contributed by atoms with Gasteiger partial charge in [0, 0.05) is 26.2 Å². The molecule has 0 aliphatic rings. The summed E-state index contributed by atoms with van der Waals surface area (Å²) in [5.41, 5.74) is 1.36. The van der Waals surface area contributed by atoms with Crippen LogP contribution in [0.1, 0.15) is 22.3 Å². The molecule has 0 saturated carbocycles. The van der Waals surface area contributed by atoms with Crippen LogP contribution < -0.4 is 5.32 Å². The molecule has 0 aliphatic heterocycles. The van der Waals surface area contributed by atoms with Crippen molar-refractivity contribution >= 4 is 17.8 Å². The van der Waals surface area contributed by atoms with Gasteiger partial charge < -0.3 is 15.3 Å². The van der Waals surface area contributed by atoms with Crippen molar-refractivity contribution in [3.63, 3.8) is 0 Å². The van der Waals surface area contributed by atoms with Gasteiger partial charge in [-0.25, -0.2) is 0 Å². The normalized spacial score (nSPS) is 9.79. The van der Waals surface area contributed by atoms with Crippen molar-refractivity contribution < 1.29 is 19.5 Å². The average molecular weight is 264 g/mol. The van der Waals surface area contributed by atoms with Gasteiger partial charge in [-0.05, 0) is 17.7 Å². The van der Waals surface area contributed by atoms with Crippen molar-refractivity contribution in [3.05, 3.63) is 35.4 Å². The Hall–Kier alpha value is -2.37. The van der Waals surface area contributed by atoms with Crippen molar-refractivity contribution in [2.75, 3.05) is 14.1 Å². The minimum Gasteiger partial charge on any atom is -0.481 e. The Labute approximate surface area is 111 Å². The van der Waals surface area contributed by atoms with Gasteiger partial charge in [0.15, 0.2) is 0 Å². The van der Waals surface area contributed by atoms with Crippen molar-refractivity contribution in [3.8, 4) is 0 Å². The second kappa shape index (κ2) is 6.53. The second-order valence-corrected chi connectivity index (χ2v) is 4.10. The maximum atomic E-state index is 11.5. The van der Waals surface area contributed by atoms with E-state index in [2.05, 4.69) is 5.32 Å². The minimum atomic E-state index is -1.15. The van der Waals surface area contributed by atoms with Crippen LogP contribution in [0.3, 0.4) is 0 Å². The largest absolute Gasteiger partial charge is 0.481 e. The predicted molar refractivity (Wildman–Crippen MR) is 68.6 cm³/mol. The van der Waals surface area contributed by atoms with Gasteiger partial charge in [0.05, 0.1) is 0 Å². The van der Waals surface area contributed by atoms with Crippen molar-refractivity contribution in [2.24, 2.45) is 0 Å². The molecule has 0 bridgehead atoms. The fourth-order valence-corrected chi connectivity index (χ4v) is 1.53. The number of benzene rings is 1. The highest BCUT2D eigenvalue weighted by molar-refractivity contribution is 5.94. The lowest BCUT2D eigenvalue weighted by Crippen LogP contribution is -2.28. The highest BCUT2D eigenvalue weighted by Crippen LogP contribution is 2.07. The Kier molecular flexibility index (Phi) is 5.05. The molecular weight excluding hydrogens is 248 g/mol. The van der Waals surface area contributed by atoms with Crippen LogP contribution in [0.4, 0.5) is 0 Å². The third kappa shape index (κ3) is 4.42. The first-order valence-electron chi connectivity index (χ1n) is 5.71. The van der Waals surface area contributed by atoms with Gasteiger partial charge in [-0.1, -0.05) is 12.1 Å². The Morgan fingerprint density at radius 1 is 1.21 bits per heavy atom. The van der Waals surface area contributed by atoms with E-state index >= 15 is 0 Å². The zero-order valence-electron chi connectivity index (χ0n) is 10.8. The van der Waals surface area contributed by atoms with Crippen LogP contribution in [-0.2, 0) is 16.1 Å². The number of nitrogens with one attached hydrogen (secondary N) is 1. The summed E-state index contributed by atoms with van der Waals surface area (Å²) < 4.78 is 0. The molecule has 1 aromatic rings. The van der Waals surface area contributed by atoms with E-state index in [1.807, 2.05) is 0 Å². The molecule has 0 spiro atoms. The van der Waals surface area contributed by atoms with Gasteiger partial charge in [0.25, 0.3) is 5.91 Å². The van der Waals surface area contributed by atoms with Crippen LogP contribution in [-0.4, -0.2) is 41.9 Å². The Morgan fingerprint density at radius 2 is 1.79 bits per heavy atom. The zero-order valence-corrected chi connectivity index (χ0v) is 10.8. The predicted octanol–water partition coefficient (Wildman–Crippen LogP) is 0.479. The summed E-state index contributed by atoms with van der Waals surface area (Å²) in [5, 5.41) is 11.0. The monoisotopic (exact) mass is 264 g/mol. The molecule has 0 atom stereocenters. The molecule has 1 rings (SSSR count). The van der Waals surface area contributed by atoms with Gasteiger partial charge in [0.1, 0.15) is 6.42 Å². The molecule has 19 heavy (non-hydrogen) atoms. The number of carboxylic acid groups (broad SMARTS) is 1. The zero-order chi connectivity index (χ0) is 14.4. The molecule has 0 aromatic heterocycles. The maximum Gasteiger partial charge on any atom is 0.312 e. The average Bonchev–Trinajstić information content (AvgIpc) is 2.37. The molecule has 0 saturated heterocycles. The van der Waals surface area contributed by atoms with Crippen LogP contribution in [0, 0.1) is 0 Å². The highest BCUT2D eigenvalue weighted by atomic mass is 16.4. The third-order valence-corrected chi connectivity index (χ3v) is 2.59. The molecule has 0 radical (unpaired) electrons. The number of carboxylic acids is 1. The summed E-state index contributed by atoms with van der Waals surface area (Å²) in [6.45, 7) is 0.306. The van der Waals surface area contributed by atoms with Crippen molar-refractivity contribution in [1.29, 1.82) is 0 Å². The fraction of sp³-hybridized carbons (Fsp3) is 0.308. The van der Waals surface area contributed by atoms with E-state index in [9.17, 15) is 14.4 Å². The number of hydrogen-bond donors (Lipinski definition) is 2. The van der Waals surface area contributed by atoms with Crippen LogP contribution in [0.15, 0.2) is 24.3 Å². The first-order valence-corrected chi connectivity index (χ1v) is 5.71. The van der Waals surface area contributed by atoms with Gasteiger partial charge in [-0.15, -0.1) is 0 Å². The van der Waals surface area contributed by atoms with E-state index in [1.165, 1.54) is 11.9 Å². The molecule has 2 amide bonds. The first kappa shape index (κ1) is 14.7. The number of hydrogen-bond acceptors (Lipinski definition) is 3. The van der Waals surface area contributed by atoms with E-state index in [0.717, 1.165) is 5.56 Å². The van der Waals surface area contributed by atoms with Crippen molar-refractivity contribution in [1.82, 2.24) is 10.2 Å². The molecule has 6 nitrogen and oxygen atoms in total. The SMILES string of the molecule is CNC(=O)c1ccc(CN(C)C(=O)CC(=O)O)cc1. The molecule has 102 valence electrons. The smallest absolute Gasteiger partial charge is 0.312 e. The molecule has 0 aliphatic carbocycles. The number of nitrogens with zero attached hydrogens (tertiary/aromatic N) is 1.